The molecule has 2 unspecified atom stereocenters. The van der Waals surface area contributed by atoms with Crippen LogP contribution in [0, 0.1) is 5.92 Å². The first-order chi connectivity index (χ1) is 7.76. The lowest BCUT2D eigenvalue weighted by Gasteiger charge is -2.28. The maximum Gasteiger partial charge on any atom is 0.308 e. The van der Waals surface area contributed by atoms with Crippen molar-refractivity contribution in [2.75, 3.05) is 13.2 Å². The SMILES string of the molecule is CCOC(=O)CCOC1CCCC(CC)C1. The van der Waals surface area contributed by atoms with E-state index >= 15 is 0 Å². The topological polar surface area (TPSA) is 35.5 Å². The van der Waals surface area contributed by atoms with Gasteiger partial charge in [0.2, 0.25) is 0 Å². The van der Waals surface area contributed by atoms with Crippen molar-refractivity contribution in [2.45, 2.75) is 58.5 Å². The van der Waals surface area contributed by atoms with E-state index in [2.05, 4.69) is 6.92 Å². The Bertz CT molecular complexity index is 203. The van der Waals surface area contributed by atoms with Crippen LogP contribution in [0.4, 0.5) is 0 Å². The quantitative estimate of drug-likeness (QED) is 0.656. The molecule has 1 fully saturated rings. The molecule has 3 heteroatoms. The van der Waals surface area contributed by atoms with E-state index in [-0.39, 0.29) is 5.97 Å². The highest BCUT2D eigenvalue weighted by atomic mass is 16.5. The predicted molar refractivity (Wildman–Crippen MR) is 63.2 cm³/mol. The molecule has 1 rings (SSSR count). The van der Waals surface area contributed by atoms with Gasteiger partial charge in [0.05, 0.1) is 25.7 Å². The van der Waals surface area contributed by atoms with Gasteiger partial charge in [-0.1, -0.05) is 26.2 Å². The molecule has 0 saturated heterocycles. The molecular formula is C13H24O3. The third-order valence-electron chi connectivity index (χ3n) is 3.28. The average Bonchev–Trinajstić information content (AvgIpc) is 2.30. The number of ether oxygens (including phenoxy) is 2. The summed E-state index contributed by atoms with van der Waals surface area (Å²) in [4.78, 5) is 11.1. The number of rotatable bonds is 6. The Balaban J connectivity index is 2.10. The standard InChI is InChI=1S/C13H24O3/c1-3-11-6-5-7-12(10-11)16-9-8-13(14)15-4-2/h11-12H,3-10H2,1-2H3. The molecular weight excluding hydrogens is 204 g/mol. The van der Waals surface area contributed by atoms with Crippen molar-refractivity contribution >= 4 is 5.97 Å². The molecule has 94 valence electrons. The van der Waals surface area contributed by atoms with Gasteiger partial charge < -0.3 is 9.47 Å². The minimum atomic E-state index is -0.148. The lowest BCUT2D eigenvalue weighted by Crippen LogP contribution is -2.23. The van der Waals surface area contributed by atoms with Crippen molar-refractivity contribution in [2.24, 2.45) is 5.92 Å². The molecule has 1 saturated carbocycles. The first-order valence-corrected chi connectivity index (χ1v) is 6.53. The van der Waals surface area contributed by atoms with Crippen LogP contribution in [0.3, 0.4) is 0 Å². The Morgan fingerprint density at radius 1 is 1.31 bits per heavy atom. The van der Waals surface area contributed by atoms with Gasteiger partial charge in [-0.25, -0.2) is 0 Å². The molecule has 0 aromatic heterocycles. The highest BCUT2D eigenvalue weighted by Crippen LogP contribution is 2.28. The number of carbonyl (C=O) groups excluding carboxylic acids is 1. The summed E-state index contributed by atoms with van der Waals surface area (Å²) in [6.07, 6.45) is 6.93. The summed E-state index contributed by atoms with van der Waals surface area (Å²) in [7, 11) is 0. The number of esters is 1. The second kappa shape index (κ2) is 7.66. The van der Waals surface area contributed by atoms with Crippen LogP contribution in [-0.2, 0) is 14.3 Å². The van der Waals surface area contributed by atoms with Crippen molar-refractivity contribution in [3.05, 3.63) is 0 Å². The third-order valence-corrected chi connectivity index (χ3v) is 3.28. The van der Waals surface area contributed by atoms with E-state index in [0.29, 0.717) is 25.7 Å². The summed E-state index contributed by atoms with van der Waals surface area (Å²) in [6.45, 7) is 5.04. The Kier molecular flexibility index (Phi) is 6.46. The Hall–Kier alpha value is -0.570. The molecule has 16 heavy (non-hydrogen) atoms. The fourth-order valence-electron chi connectivity index (χ4n) is 2.31. The van der Waals surface area contributed by atoms with E-state index in [1.165, 1.54) is 25.7 Å². The molecule has 2 atom stereocenters. The van der Waals surface area contributed by atoms with E-state index in [1.807, 2.05) is 6.92 Å². The van der Waals surface area contributed by atoms with Crippen LogP contribution in [0.15, 0.2) is 0 Å². The smallest absolute Gasteiger partial charge is 0.308 e. The van der Waals surface area contributed by atoms with Crippen LogP contribution in [0.2, 0.25) is 0 Å². The van der Waals surface area contributed by atoms with Gasteiger partial charge in [-0.15, -0.1) is 0 Å². The summed E-state index contributed by atoms with van der Waals surface area (Å²) >= 11 is 0. The van der Waals surface area contributed by atoms with E-state index in [1.54, 1.807) is 0 Å². The van der Waals surface area contributed by atoms with Crippen molar-refractivity contribution in [1.82, 2.24) is 0 Å². The van der Waals surface area contributed by atoms with Gasteiger partial charge in [0.1, 0.15) is 0 Å². The highest BCUT2D eigenvalue weighted by Gasteiger charge is 2.21. The van der Waals surface area contributed by atoms with Gasteiger partial charge in [-0.3, -0.25) is 4.79 Å². The third kappa shape index (κ3) is 4.97. The fourth-order valence-corrected chi connectivity index (χ4v) is 2.31. The molecule has 0 aromatic carbocycles. The minimum absolute atomic E-state index is 0.148. The zero-order valence-electron chi connectivity index (χ0n) is 10.5. The van der Waals surface area contributed by atoms with Crippen LogP contribution in [0.1, 0.15) is 52.4 Å². The van der Waals surface area contributed by atoms with Crippen molar-refractivity contribution in [3.63, 3.8) is 0 Å². The minimum Gasteiger partial charge on any atom is -0.466 e. The van der Waals surface area contributed by atoms with Crippen molar-refractivity contribution in [1.29, 1.82) is 0 Å². The molecule has 0 heterocycles. The van der Waals surface area contributed by atoms with Gasteiger partial charge in [-0.05, 0) is 25.7 Å². The first-order valence-electron chi connectivity index (χ1n) is 6.53. The van der Waals surface area contributed by atoms with Crippen LogP contribution >= 0.6 is 0 Å². The number of hydrogen-bond acceptors (Lipinski definition) is 3. The predicted octanol–water partition coefficient (Wildman–Crippen LogP) is 2.93. The average molecular weight is 228 g/mol. The molecule has 0 aromatic rings. The van der Waals surface area contributed by atoms with E-state index in [9.17, 15) is 4.79 Å². The molecule has 1 aliphatic carbocycles. The summed E-state index contributed by atoms with van der Waals surface area (Å²) in [5, 5.41) is 0. The van der Waals surface area contributed by atoms with Crippen LogP contribution in [-0.4, -0.2) is 25.3 Å². The highest BCUT2D eigenvalue weighted by molar-refractivity contribution is 5.69. The maximum absolute atomic E-state index is 11.1. The summed E-state index contributed by atoms with van der Waals surface area (Å²) < 4.78 is 10.6. The molecule has 0 spiro atoms. The van der Waals surface area contributed by atoms with Gasteiger partial charge in [0.15, 0.2) is 0 Å². The second-order valence-corrected chi connectivity index (χ2v) is 4.49. The number of carbonyl (C=O) groups is 1. The molecule has 0 radical (unpaired) electrons. The van der Waals surface area contributed by atoms with Crippen molar-refractivity contribution < 1.29 is 14.3 Å². The molecule has 3 nitrogen and oxygen atoms in total. The van der Waals surface area contributed by atoms with E-state index in [4.69, 9.17) is 9.47 Å². The first kappa shape index (κ1) is 13.5. The molecule has 0 N–H and O–H groups in total. The van der Waals surface area contributed by atoms with Gasteiger partial charge in [0, 0.05) is 0 Å². The van der Waals surface area contributed by atoms with Crippen molar-refractivity contribution in [3.8, 4) is 0 Å². The summed E-state index contributed by atoms with van der Waals surface area (Å²) in [5.41, 5.74) is 0. The largest absolute Gasteiger partial charge is 0.466 e. The molecule has 1 aliphatic rings. The summed E-state index contributed by atoms with van der Waals surface area (Å²) in [5.74, 6) is 0.673. The Labute approximate surface area is 98.5 Å². The molecule has 0 aliphatic heterocycles. The summed E-state index contributed by atoms with van der Waals surface area (Å²) in [6, 6.07) is 0. The van der Waals surface area contributed by atoms with Crippen LogP contribution in [0.5, 0.6) is 0 Å². The Morgan fingerprint density at radius 3 is 2.81 bits per heavy atom. The van der Waals surface area contributed by atoms with Gasteiger partial charge >= 0.3 is 5.97 Å². The molecule has 0 bridgehead atoms. The Morgan fingerprint density at radius 2 is 2.12 bits per heavy atom. The lowest BCUT2D eigenvalue weighted by atomic mass is 9.85. The fraction of sp³-hybridized carbons (Fsp3) is 0.923. The van der Waals surface area contributed by atoms with Gasteiger partial charge in [0.25, 0.3) is 0 Å². The second-order valence-electron chi connectivity index (χ2n) is 4.49. The van der Waals surface area contributed by atoms with Gasteiger partial charge in [-0.2, -0.15) is 0 Å². The monoisotopic (exact) mass is 228 g/mol. The van der Waals surface area contributed by atoms with E-state index < -0.39 is 0 Å². The van der Waals surface area contributed by atoms with E-state index in [0.717, 1.165) is 12.3 Å². The zero-order chi connectivity index (χ0) is 11.8. The molecule has 0 amide bonds. The normalized spacial score (nSPS) is 25.4. The lowest BCUT2D eigenvalue weighted by molar-refractivity contribution is -0.145. The zero-order valence-corrected chi connectivity index (χ0v) is 10.5. The maximum atomic E-state index is 11.1. The van der Waals surface area contributed by atoms with Crippen LogP contribution < -0.4 is 0 Å². The van der Waals surface area contributed by atoms with Crippen LogP contribution in [0.25, 0.3) is 0 Å². The number of hydrogen-bond donors (Lipinski definition) is 0.